The first-order valence-electron chi connectivity index (χ1n) is 9.17. The molecular weight excluding hydrogens is 340 g/mol. The van der Waals surface area contributed by atoms with E-state index in [1.54, 1.807) is 11.3 Å². The minimum Gasteiger partial charge on any atom is -0.486 e. The zero-order chi connectivity index (χ0) is 17.8. The van der Waals surface area contributed by atoms with Crippen LogP contribution in [0.3, 0.4) is 0 Å². The van der Waals surface area contributed by atoms with Gasteiger partial charge in [0.25, 0.3) is 0 Å². The zero-order valence-electron chi connectivity index (χ0n) is 15.1. The Morgan fingerprint density at radius 3 is 2.54 bits per heavy atom. The molecule has 0 spiro atoms. The van der Waals surface area contributed by atoms with Crippen LogP contribution in [0.2, 0.25) is 0 Å². The standard InChI is InChI=1S/C22H24N2OS/c1-17-7-11-21(12-8-17)25-15-22-23-19(16-26-22)14-24(20-9-10-20)13-18-5-3-2-4-6-18/h2-8,11-12,16,20H,9-10,13-15H2,1H3. The van der Waals surface area contributed by atoms with Gasteiger partial charge in [-0.05, 0) is 37.5 Å². The summed E-state index contributed by atoms with van der Waals surface area (Å²) in [6.45, 7) is 4.53. The fourth-order valence-electron chi connectivity index (χ4n) is 3.05. The third-order valence-corrected chi connectivity index (χ3v) is 5.51. The van der Waals surface area contributed by atoms with Gasteiger partial charge in [-0.2, -0.15) is 0 Å². The monoisotopic (exact) mass is 364 g/mol. The SMILES string of the molecule is Cc1ccc(OCc2nc(CN(Cc3ccccc3)C3CC3)cs2)cc1. The molecule has 3 aromatic rings. The Morgan fingerprint density at radius 1 is 1.04 bits per heavy atom. The molecule has 4 heteroatoms. The van der Waals surface area contributed by atoms with Crippen molar-refractivity contribution in [2.45, 2.75) is 45.5 Å². The summed E-state index contributed by atoms with van der Waals surface area (Å²) in [6, 6.07) is 19.6. The third kappa shape index (κ3) is 4.71. The highest BCUT2D eigenvalue weighted by molar-refractivity contribution is 7.09. The smallest absolute Gasteiger partial charge is 0.140 e. The molecule has 134 valence electrons. The normalized spacial score (nSPS) is 13.9. The summed E-state index contributed by atoms with van der Waals surface area (Å²) >= 11 is 1.69. The largest absolute Gasteiger partial charge is 0.486 e. The van der Waals surface area contributed by atoms with Crippen molar-refractivity contribution in [3.63, 3.8) is 0 Å². The van der Waals surface area contributed by atoms with Gasteiger partial charge < -0.3 is 4.74 Å². The highest BCUT2D eigenvalue weighted by Gasteiger charge is 2.29. The molecule has 0 atom stereocenters. The quantitative estimate of drug-likeness (QED) is 0.550. The van der Waals surface area contributed by atoms with Gasteiger partial charge in [0.15, 0.2) is 0 Å². The van der Waals surface area contributed by atoms with E-state index in [2.05, 4.69) is 59.7 Å². The third-order valence-electron chi connectivity index (χ3n) is 4.64. The molecule has 0 aliphatic heterocycles. The van der Waals surface area contributed by atoms with E-state index in [1.807, 2.05) is 12.1 Å². The fraction of sp³-hybridized carbons (Fsp3) is 0.318. The second-order valence-electron chi connectivity index (χ2n) is 6.96. The number of aryl methyl sites for hydroxylation is 1. The lowest BCUT2D eigenvalue weighted by Crippen LogP contribution is -2.25. The Bertz CT molecular complexity index is 825. The van der Waals surface area contributed by atoms with Gasteiger partial charge in [0.1, 0.15) is 17.4 Å². The molecule has 1 aromatic heterocycles. The van der Waals surface area contributed by atoms with Crippen LogP contribution in [0.4, 0.5) is 0 Å². The van der Waals surface area contributed by atoms with Crippen molar-refractivity contribution >= 4 is 11.3 Å². The molecule has 0 N–H and O–H groups in total. The van der Waals surface area contributed by atoms with E-state index in [0.717, 1.165) is 29.5 Å². The second kappa shape index (κ2) is 8.02. The van der Waals surface area contributed by atoms with E-state index in [0.29, 0.717) is 12.6 Å². The Kier molecular flexibility index (Phi) is 5.32. The van der Waals surface area contributed by atoms with Crippen LogP contribution >= 0.6 is 11.3 Å². The molecular formula is C22H24N2OS. The summed E-state index contributed by atoms with van der Waals surface area (Å²) in [5.41, 5.74) is 3.77. The predicted octanol–water partition coefficient (Wildman–Crippen LogP) is 5.20. The van der Waals surface area contributed by atoms with E-state index in [1.165, 1.54) is 24.0 Å². The molecule has 1 heterocycles. The second-order valence-corrected chi connectivity index (χ2v) is 7.90. The summed E-state index contributed by atoms with van der Waals surface area (Å²) in [5, 5.41) is 3.21. The van der Waals surface area contributed by atoms with E-state index in [9.17, 15) is 0 Å². The molecule has 4 rings (SSSR count). The number of benzene rings is 2. The molecule has 0 bridgehead atoms. The van der Waals surface area contributed by atoms with Crippen LogP contribution in [0.5, 0.6) is 5.75 Å². The molecule has 1 aliphatic rings. The highest BCUT2D eigenvalue weighted by Crippen LogP contribution is 2.30. The van der Waals surface area contributed by atoms with Crippen molar-refractivity contribution in [2.24, 2.45) is 0 Å². The lowest BCUT2D eigenvalue weighted by atomic mass is 10.2. The Balaban J connectivity index is 1.35. The average Bonchev–Trinajstić information content (AvgIpc) is 3.42. The molecule has 0 saturated heterocycles. The number of nitrogens with zero attached hydrogens (tertiary/aromatic N) is 2. The van der Waals surface area contributed by atoms with Crippen molar-refractivity contribution in [1.29, 1.82) is 0 Å². The Hall–Kier alpha value is -2.17. The molecule has 0 unspecified atom stereocenters. The molecule has 1 saturated carbocycles. The first-order chi connectivity index (χ1) is 12.8. The van der Waals surface area contributed by atoms with Crippen LogP contribution in [0, 0.1) is 6.92 Å². The van der Waals surface area contributed by atoms with Crippen LogP contribution in [0.15, 0.2) is 60.0 Å². The minimum absolute atomic E-state index is 0.538. The van der Waals surface area contributed by atoms with E-state index in [-0.39, 0.29) is 0 Å². The maximum absolute atomic E-state index is 5.86. The van der Waals surface area contributed by atoms with Crippen LogP contribution in [-0.4, -0.2) is 15.9 Å². The molecule has 1 aliphatic carbocycles. The summed E-state index contributed by atoms with van der Waals surface area (Å²) < 4.78 is 5.86. The fourth-order valence-corrected chi connectivity index (χ4v) is 3.74. The van der Waals surface area contributed by atoms with Crippen LogP contribution in [-0.2, 0) is 19.7 Å². The van der Waals surface area contributed by atoms with E-state index < -0.39 is 0 Å². The van der Waals surface area contributed by atoms with Crippen molar-refractivity contribution in [3.8, 4) is 5.75 Å². The number of aromatic nitrogens is 1. The van der Waals surface area contributed by atoms with Gasteiger partial charge in [-0.1, -0.05) is 48.0 Å². The van der Waals surface area contributed by atoms with Gasteiger partial charge in [-0.25, -0.2) is 4.98 Å². The number of hydrogen-bond donors (Lipinski definition) is 0. The summed E-state index contributed by atoms with van der Waals surface area (Å²) in [7, 11) is 0. The van der Waals surface area contributed by atoms with E-state index in [4.69, 9.17) is 9.72 Å². The molecule has 3 nitrogen and oxygen atoms in total. The number of thiazole rings is 1. The van der Waals surface area contributed by atoms with Crippen molar-refractivity contribution < 1.29 is 4.74 Å². The van der Waals surface area contributed by atoms with Crippen LogP contribution < -0.4 is 4.74 Å². The van der Waals surface area contributed by atoms with Gasteiger partial charge in [0, 0.05) is 24.5 Å². The maximum atomic E-state index is 5.86. The summed E-state index contributed by atoms with van der Waals surface area (Å²) in [6.07, 6.45) is 2.61. The maximum Gasteiger partial charge on any atom is 0.140 e. The zero-order valence-corrected chi connectivity index (χ0v) is 15.9. The van der Waals surface area contributed by atoms with Gasteiger partial charge in [-0.15, -0.1) is 11.3 Å². The van der Waals surface area contributed by atoms with Crippen molar-refractivity contribution in [3.05, 3.63) is 81.8 Å². The Labute approximate surface area is 159 Å². The van der Waals surface area contributed by atoms with Crippen LogP contribution in [0.25, 0.3) is 0 Å². The first kappa shape index (κ1) is 17.3. The van der Waals surface area contributed by atoms with Gasteiger partial charge in [-0.3, -0.25) is 4.90 Å². The molecule has 0 radical (unpaired) electrons. The van der Waals surface area contributed by atoms with Gasteiger partial charge >= 0.3 is 0 Å². The number of ether oxygens (including phenoxy) is 1. The lowest BCUT2D eigenvalue weighted by Gasteiger charge is -2.21. The predicted molar refractivity (Wildman–Crippen MR) is 106 cm³/mol. The first-order valence-corrected chi connectivity index (χ1v) is 10.0. The molecule has 0 amide bonds. The molecule has 2 aromatic carbocycles. The minimum atomic E-state index is 0.538. The van der Waals surface area contributed by atoms with Crippen molar-refractivity contribution in [1.82, 2.24) is 9.88 Å². The summed E-state index contributed by atoms with van der Waals surface area (Å²) in [4.78, 5) is 7.34. The Morgan fingerprint density at radius 2 is 1.81 bits per heavy atom. The van der Waals surface area contributed by atoms with E-state index >= 15 is 0 Å². The lowest BCUT2D eigenvalue weighted by molar-refractivity contribution is 0.242. The van der Waals surface area contributed by atoms with Crippen molar-refractivity contribution in [2.75, 3.05) is 0 Å². The molecule has 1 fully saturated rings. The summed E-state index contributed by atoms with van der Waals surface area (Å²) in [5.74, 6) is 0.899. The van der Waals surface area contributed by atoms with Gasteiger partial charge in [0.05, 0.1) is 5.69 Å². The number of rotatable bonds is 8. The van der Waals surface area contributed by atoms with Crippen LogP contribution in [0.1, 0.15) is 34.7 Å². The average molecular weight is 365 g/mol. The highest BCUT2D eigenvalue weighted by atomic mass is 32.1. The molecule has 26 heavy (non-hydrogen) atoms. The topological polar surface area (TPSA) is 25.4 Å². The number of hydrogen-bond acceptors (Lipinski definition) is 4. The van der Waals surface area contributed by atoms with Gasteiger partial charge in [0.2, 0.25) is 0 Å².